The Morgan fingerprint density at radius 2 is 1.63 bits per heavy atom. The van der Waals surface area contributed by atoms with Crippen LogP contribution in [0.2, 0.25) is 0 Å². The molecule has 0 radical (unpaired) electrons. The topological polar surface area (TPSA) is 68.9 Å². The predicted octanol–water partition coefficient (Wildman–Crippen LogP) is 2.88. The average Bonchev–Trinajstić information content (AvgIpc) is 2.75. The number of piperazine rings is 1. The Kier molecular flexibility index (Phi) is 4.62. The van der Waals surface area contributed by atoms with Gasteiger partial charge in [0, 0.05) is 37.9 Å². The second kappa shape index (κ2) is 7.38. The third kappa shape index (κ3) is 3.29. The van der Waals surface area contributed by atoms with E-state index in [9.17, 15) is 5.26 Å². The Morgan fingerprint density at radius 3 is 2.37 bits per heavy atom. The van der Waals surface area contributed by atoms with Gasteiger partial charge in [0.1, 0.15) is 18.1 Å². The first-order chi connectivity index (χ1) is 13.3. The molecule has 2 aromatic heterocycles. The molecule has 7 heteroatoms. The summed E-state index contributed by atoms with van der Waals surface area (Å²) in [7, 11) is 0. The van der Waals surface area contributed by atoms with E-state index in [0.29, 0.717) is 43.4 Å². The minimum absolute atomic E-state index is 0.307. The molecule has 134 valence electrons. The largest absolute Gasteiger partial charge is 0.366 e. The molecule has 3 heterocycles. The fourth-order valence-corrected chi connectivity index (χ4v) is 3.28. The number of nitriles is 1. The standard InChI is InChI=1S/C20H17FN6/c21-18-19(15-5-2-1-3-6-15)24-14-25-20(18)27-11-9-26(10-12-27)17-7-4-8-23-16(17)13-22/h1-8,14H,9-12H2. The van der Waals surface area contributed by atoms with Gasteiger partial charge in [-0.15, -0.1) is 0 Å². The molecule has 0 atom stereocenters. The van der Waals surface area contributed by atoms with Gasteiger partial charge < -0.3 is 9.80 Å². The molecule has 0 amide bonds. The summed E-state index contributed by atoms with van der Waals surface area (Å²) in [5, 5.41) is 9.24. The molecule has 0 N–H and O–H groups in total. The van der Waals surface area contributed by atoms with Gasteiger partial charge in [0.05, 0.1) is 5.69 Å². The molecule has 0 bridgehead atoms. The molecule has 0 unspecified atom stereocenters. The van der Waals surface area contributed by atoms with E-state index < -0.39 is 5.82 Å². The van der Waals surface area contributed by atoms with Crippen LogP contribution < -0.4 is 9.80 Å². The lowest BCUT2D eigenvalue weighted by Gasteiger charge is -2.36. The summed E-state index contributed by atoms with van der Waals surface area (Å²) >= 11 is 0. The van der Waals surface area contributed by atoms with Crippen molar-refractivity contribution in [1.29, 1.82) is 5.26 Å². The summed E-state index contributed by atoms with van der Waals surface area (Å²) in [6.07, 6.45) is 3.02. The lowest BCUT2D eigenvalue weighted by atomic mass is 10.1. The van der Waals surface area contributed by atoms with E-state index in [1.807, 2.05) is 47.4 Å². The van der Waals surface area contributed by atoms with Crippen LogP contribution in [0.3, 0.4) is 0 Å². The molecule has 4 rings (SSSR count). The summed E-state index contributed by atoms with van der Waals surface area (Å²) in [5.74, 6) is -0.0913. The van der Waals surface area contributed by atoms with Crippen molar-refractivity contribution in [3.8, 4) is 17.3 Å². The normalized spacial score (nSPS) is 14.1. The summed E-state index contributed by atoms with van der Waals surface area (Å²) in [4.78, 5) is 16.4. The highest BCUT2D eigenvalue weighted by molar-refractivity contribution is 5.64. The molecule has 1 aromatic carbocycles. The second-order valence-electron chi connectivity index (χ2n) is 6.18. The van der Waals surface area contributed by atoms with Crippen molar-refractivity contribution in [3.05, 3.63) is 66.5 Å². The zero-order chi connectivity index (χ0) is 18.6. The molecule has 27 heavy (non-hydrogen) atoms. The van der Waals surface area contributed by atoms with Crippen molar-refractivity contribution in [1.82, 2.24) is 15.0 Å². The van der Waals surface area contributed by atoms with Crippen LogP contribution in [0.4, 0.5) is 15.9 Å². The Bertz CT molecular complexity index is 977. The van der Waals surface area contributed by atoms with Crippen molar-refractivity contribution in [2.45, 2.75) is 0 Å². The van der Waals surface area contributed by atoms with Crippen molar-refractivity contribution < 1.29 is 4.39 Å². The van der Waals surface area contributed by atoms with E-state index in [4.69, 9.17) is 0 Å². The highest BCUT2D eigenvalue weighted by atomic mass is 19.1. The molecule has 1 aliphatic rings. The zero-order valence-electron chi connectivity index (χ0n) is 14.6. The van der Waals surface area contributed by atoms with Crippen LogP contribution in [0.15, 0.2) is 55.0 Å². The maximum Gasteiger partial charge on any atom is 0.191 e. The first kappa shape index (κ1) is 16.9. The van der Waals surface area contributed by atoms with Gasteiger partial charge in [-0.2, -0.15) is 5.26 Å². The predicted molar refractivity (Wildman–Crippen MR) is 101 cm³/mol. The summed E-state index contributed by atoms with van der Waals surface area (Å²) in [5.41, 5.74) is 2.26. The van der Waals surface area contributed by atoms with Crippen LogP contribution in [-0.4, -0.2) is 41.1 Å². The molecule has 1 aliphatic heterocycles. The van der Waals surface area contributed by atoms with Gasteiger partial charge in [-0.25, -0.2) is 19.3 Å². The van der Waals surface area contributed by atoms with E-state index in [2.05, 4.69) is 25.9 Å². The maximum atomic E-state index is 15.0. The third-order valence-corrected chi connectivity index (χ3v) is 4.63. The van der Waals surface area contributed by atoms with E-state index in [0.717, 1.165) is 11.3 Å². The minimum atomic E-state index is -0.406. The van der Waals surface area contributed by atoms with Gasteiger partial charge in [0.2, 0.25) is 0 Å². The number of rotatable bonds is 3. The highest BCUT2D eigenvalue weighted by Gasteiger charge is 2.24. The Labute approximate surface area is 156 Å². The van der Waals surface area contributed by atoms with E-state index in [1.54, 1.807) is 6.20 Å². The second-order valence-corrected chi connectivity index (χ2v) is 6.18. The number of pyridine rings is 1. The van der Waals surface area contributed by atoms with Crippen molar-refractivity contribution in [2.24, 2.45) is 0 Å². The average molecular weight is 360 g/mol. The fourth-order valence-electron chi connectivity index (χ4n) is 3.28. The number of halogens is 1. The van der Waals surface area contributed by atoms with Crippen LogP contribution in [-0.2, 0) is 0 Å². The summed E-state index contributed by atoms with van der Waals surface area (Å²) in [6, 6.07) is 15.1. The molecule has 3 aromatic rings. The SMILES string of the molecule is N#Cc1ncccc1N1CCN(c2ncnc(-c3ccccc3)c2F)CC1. The number of aromatic nitrogens is 3. The minimum Gasteiger partial charge on any atom is -0.366 e. The smallest absolute Gasteiger partial charge is 0.191 e. The first-order valence-corrected chi connectivity index (χ1v) is 8.69. The molecular formula is C20H17FN6. The number of hydrogen-bond donors (Lipinski definition) is 0. The van der Waals surface area contributed by atoms with Crippen molar-refractivity contribution >= 4 is 11.5 Å². The number of nitrogens with zero attached hydrogens (tertiary/aromatic N) is 6. The van der Waals surface area contributed by atoms with Crippen LogP contribution in [0.25, 0.3) is 11.3 Å². The fraction of sp³-hybridized carbons (Fsp3) is 0.200. The zero-order valence-corrected chi connectivity index (χ0v) is 14.6. The first-order valence-electron chi connectivity index (χ1n) is 8.69. The molecule has 0 saturated carbocycles. The summed E-state index contributed by atoms with van der Waals surface area (Å²) < 4.78 is 15.0. The van der Waals surface area contributed by atoms with Gasteiger partial charge in [0.25, 0.3) is 0 Å². The molecule has 1 fully saturated rings. The lowest BCUT2D eigenvalue weighted by Crippen LogP contribution is -2.47. The Morgan fingerprint density at radius 1 is 0.889 bits per heavy atom. The van der Waals surface area contributed by atoms with Gasteiger partial charge in [-0.1, -0.05) is 30.3 Å². The summed E-state index contributed by atoms with van der Waals surface area (Å²) in [6.45, 7) is 2.51. The quantitative estimate of drug-likeness (QED) is 0.715. The van der Waals surface area contributed by atoms with E-state index in [-0.39, 0.29) is 0 Å². The Hall–Kier alpha value is -3.53. The molecular weight excluding hydrogens is 343 g/mol. The maximum absolute atomic E-state index is 15.0. The van der Waals surface area contributed by atoms with Gasteiger partial charge >= 0.3 is 0 Å². The number of hydrogen-bond acceptors (Lipinski definition) is 6. The molecule has 0 aliphatic carbocycles. The highest BCUT2D eigenvalue weighted by Crippen LogP contribution is 2.27. The molecule has 1 saturated heterocycles. The number of benzene rings is 1. The third-order valence-electron chi connectivity index (χ3n) is 4.63. The van der Waals surface area contributed by atoms with Crippen molar-refractivity contribution in [2.75, 3.05) is 36.0 Å². The van der Waals surface area contributed by atoms with E-state index >= 15 is 4.39 Å². The van der Waals surface area contributed by atoms with Crippen LogP contribution in [0, 0.1) is 17.1 Å². The van der Waals surface area contributed by atoms with Crippen LogP contribution >= 0.6 is 0 Å². The van der Waals surface area contributed by atoms with E-state index in [1.165, 1.54) is 6.33 Å². The van der Waals surface area contributed by atoms with Crippen LogP contribution in [0.1, 0.15) is 5.69 Å². The Balaban J connectivity index is 1.55. The van der Waals surface area contributed by atoms with Crippen LogP contribution in [0.5, 0.6) is 0 Å². The lowest BCUT2D eigenvalue weighted by molar-refractivity contribution is 0.585. The number of anilines is 2. The molecule has 0 spiro atoms. The van der Waals surface area contributed by atoms with Gasteiger partial charge in [-0.3, -0.25) is 0 Å². The van der Waals surface area contributed by atoms with Gasteiger partial charge in [0.15, 0.2) is 17.3 Å². The monoisotopic (exact) mass is 360 g/mol. The van der Waals surface area contributed by atoms with Gasteiger partial charge in [-0.05, 0) is 12.1 Å². The molecule has 6 nitrogen and oxygen atoms in total. The van der Waals surface area contributed by atoms with Crippen molar-refractivity contribution in [3.63, 3.8) is 0 Å².